The molecule has 0 spiro atoms. The summed E-state index contributed by atoms with van der Waals surface area (Å²) >= 11 is 0. The topological polar surface area (TPSA) is 38.8 Å². The van der Waals surface area contributed by atoms with Gasteiger partial charge in [0, 0.05) is 25.1 Å². The third kappa shape index (κ3) is 3.24. The molecule has 1 aromatic carbocycles. The van der Waals surface area contributed by atoms with E-state index in [0.717, 1.165) is 31.0 Å². The number of rotatable bonds is 5. The van der Waals surface area contributed by atoms with E-state index in [1.165, 1.54) is 5.56 Å². The van der Waals surface area contributed by atoms with Crippen LogP contribution in [0.2, 0.25) is 0 Å². The Labute approximate surface area is 120 Å². The van der Waals surface area contributed by atoms with Crippen LogP contribution >= 0.6 is 0 Å². The van der Waals surface area contributed by atoms with Crippen LogP contribution in [0.1, 0.15) is 19.4 Å². The molecule has 20 heavy (non-hydrogen) atoms. The summed E-state index contributed by atoms with van der Waals surface area (Å²) in [7, 11) is 3.32. The van der Waals surface area contributed by atoms with Gasteiger partial charge < -0.3 is 14.4 Å². The summed E-state index contributed by atoms with van der Waals surface area (Å²) < 4.78 is 10.6. The number of amides is 1. The van der Waals surface area contributed by atoms with Crippen molar-refractivity contribution in [2.24, 2.45) is 11.8 Å². The van der Waals surface area contributed by atoms with Crippen molar-refractivity contribution in [2.75, 3.05) is 27.3 Å². The molecule has 0 radical (unpaired) electrons. The first-order valence-electron chi connectivity index (χ1n) is 7.04. The van der Waals surface area contributed by atoms with E-state index in [9.17, 15) is 4.79 Å². The van der Waals surface area contributed by atoms with Gasteiger partial charge in [0.05, 0.1) is 14.2 Å². The Morgan fingerprint density at radius 3 is 2.20 bits per heavy atom. The molecule has 1 aliphatic heterocycles. The molecule has 0 unspecified atom stereocenters. The van der Waals surface area contributed by atoms with E-state index in [1.807, 2.05) is 36.9 Å². The average Bonchev–Trinajstić information content (AvgIpc) is 2.41. The van der Waals surface area contributed by atoms with Gasteiger partial charge in [-0.15, -0.1) is 0 Å². The molecule has 0 atom stereocenters. The number of carbonyl (C=O) groups is 1. The van der Waals surface area contributed by atoms with Crippen LogP contribution in [0.5, 0.6) is 11.5 Å². The molecule has 4 nitrogen and oxygen atoms in total. The second-order valence-corrected chi connectivity index (χ2v) is 5.69. The lowest BCUT2D eigenvalue weighted by Gasteiger charge is -2.40. The molecule has 2 rings (SSSR count). The molecule has 110 valence electrons. The highest BCUT2D eigenvalue weighted by Gasteiger charge is 2.31. The predicted molar refractivity (Wildman–Crippen MR) is 78.2 cm³/mol. The summed E-state index contributed by atoms with van der Waals surface area (Å²) in [6.07, 6.45) is 0.954. The summed E-state index contributed by atoms with van der Waals surface area (Å²) in [5.74, 6) is 2.51. The quantitative estimate of drug-likeness (QED) is 0.829. The molecule has 1 fully saturated rings. The van der Waals surface area contributed by atoms with Gasteiger partial charge in [0.15, 0.2) is 0 Å². The summed E-state index contributed by atoms with van der Waals surface area (Å²) in [5, 5.41) is 0. The normalized spacial score (nSPS) is 15.2. The third-order valence-corrected chi connectivity index (χ3v) is 3.70. The first-order valence-corrected chi connectivity index (χ1v) is 7.04. The minimum absolute atomic E-state index is 0.0906. The van der Waals surface area contributed by atoms with Crippen LogP contribution in [0.15, 0.2) is 18.2 Å². The van der Waals surface area contributed by atoms with Crippen LogP contribution in [0.25, 0.3) is 0 Å². The maximum atomic E-state index is 11.8. The van der Waals surface area contributed by atoms with Gasteiger partial charge in [0.2, 0.25) is 5.91 Å². The fourth-order valence-electron chi connectivity index (χ4n) is 2.56. The number of hydrogen-bond acceptors (Lipinski definition) is 3. The number of ether oxygens (including phenoxy) is 2. The van der Waals surface area contributed by atoms with Gasteiger partial charge in [-0.2, -0.15) is 0 Å². The van der Waals surface area contributed by atoms with E-state index in [-0.39, 0.29) is 11.8 Å². The molecule has 4 heteroatoms. The minimum atomic E-state index is 0.0906. The zero-order chi connectivity index (χ0) is 14.7. The van der Waals surface area contributed by atoms with Crippen molar-refractivity contribution < 1.29 is 14.3 Å². The molecule has 0 bridgehead atoms. The van der Waals surface area contributed by atoms with Gasteiger partial charge in [-0.1, -0.05) is 13.8 Å². The molecular weight excluding hydrogens is 254 g/mol. The molecule has 1 saturated heterocycles. The van der Waals surface area contributed by atoms with Gasteiger partial charge in [-0.05, 0) is 30.0 Å². The maximum Gasteiger partial charge on any atom is 0.225 e. The van der Waals surface area contributed by atoms with E-state index in [0.29, 0.717) is 5.92 Å². The maximum absolute atomic E-state index is 11.8. The van der Waals surface area contributed by atoms with Crippen LogP contribution in [-0.4, -0.2) is 38.1 Å². The van der Waals surface area contributed by atoms with E-state index in [4.69, 9.17) is 9.47 Å². The fraction of sp³-hybridized carbons (Fsp3) is 0.562. The zero-order valence-corrected chi connectivity index (χ0v) is 12.7. The van der Waals surface area contributed by atoms with E-state index < -0.39 is 0 Å². The van der Waals surface area contributed by atoms with Gasteiger partial charge in [0.1, 0.15) is 11.5 Å². The van der Waals surface area contributed by atoms with Crippen molar-refractivity contribution in [1.82, 2.24) is 4.90 Å². The highest BCUT2D eigenvalue weighted by molar-refractivity contribution is 5.78. The molecule has 1 heterocycles. The standard InChI is InChI=1S/C16H23NO3/c1-11(2)16(18)17-9-13(10-17)5-12-6-14(19-3)8-15(7-12)20-4/h6-8,11,13H,5,9-10H2,1-4H3. The molecule has 1 aromatic rings. The van der Waals surface area contributed by atoms with Gasteiger partial charge >= 0.3 is 0 Å². The van der Waals surface area contributed by atoms with Crippen molar-refractivity contribution >= 4 is 5.91 Å². The van der Waals surface area contributed by atoms with Crippen molar-refractivity contribution in [3.8, 4) is 11.5 Å². The fourth-order valence-corrected chi connectivity index (χ4v) is 2.56. The number of benzene rings is 1. The van der Waals surface area contributed by atoms with Crippen LogP contribution in [-0.2, 0) is 11.2 Å². The van der Waals surface area contributed by atoms with Gasteiger partial charge in [-0.25, -0.2) is 0 Å². The monoisotopic (exact) mass is 277 g/mol. The largest absolute Gasteiger partial charge is 0.497 e. The molecular formula is C16H23NO3. The summed E-state index contributed by atoms with van der Waals surface area (Å²) in [6.45, 7) is 5.61. The first-order chi connectivity index (χ1) is 9.53. The zero-order valence-electron chi connectivity index (χ0n) is 12.7. The Hall–Kier alpha value is -1.71. The summed E-state index contributed by atoms with van der Waals surface area (Å²) in [5.41, 5.74) is 1.20. The smallest absolute Gasteiger partial charge is 0.225 e. The molecule has 1 aliphatic rings. The first kappa shape index (κ1) is 14.7. The summed E-state index contributed by atoms with van der Waals surface area (Å²) in [6, 6.07) is 5.95. The van der Waals surface area contributed by atoms with Crippen LogP contribution in [0.3, 0.4) is 0 Å². The number of hydrogen-bond donors (Lipinski definition) is 0. The number of carbonyl (C=O) groups excluding carboxylic acids is 1. The Bertz CT molecular complexity index is 456. The molecule has 0 aliphatic carbocycles. The van der Waals surface area contributed by atoms with Gasteiger partial charge in [-0.3, -0.25) is 4.79 Å². The number of methoxy groups -OCH3 is 2. The minimum Gasteiger partial charge on any atom is -0.497 e. The lowest BCUT2D eigenvalue weighted by Crippen LogP contribution is -2.52. The second kappa shape index (κ2) is 6.16. The van der Waals surface area contributed by atoms with Crippen molar-refractivity contribution in [3.05, 3.63) is 23.8 Å². The van der Waals surface area contributed by atoms with Crippen molar-refractivity contribution in [2.45, 2.75) is 20.3 Å². The van der Waals surface area contributed by atoms with E-state index >= 15 is 0 Å². The number of nitrogens with zero attached hydrogens (tertiary/aromatic N) is 1. The average molecular weight is 277 g/mol. The molecule has 0 saturated carbocycles. The Morgan fingerprint density at radius 2 is 1.75 bits per heavy atom. The predicted octanol–water partition coefficient (Wildman–Crippen LogP) is 2.36. The van der Waals surface area contributed by atoms with Crippen LogP contribution < -0.4 is 9.47 Å². The highest BCUT2D eigenvalue weighted by atomic mass is 16.5. The van der Waals surface area contributed by atoms with E-state index in [2.05, 4.69) is 0 Å². The SMILES string of the molecule is COc1cc(CC2CN(C(=O)C(C)C)C2)cc(OC)c1. The molecule has 0 N–H and O–H groups in total. The third-order valence-electron chi connectivity index (χ3n) is 3.70. The Kier molecular flexibility index (Phi) is 4.53. The van der Waals surface area contributed by atoms with E-state index in [1.54, 1.807) is 14.2 Å². The summed E-state index contributed by atoms with van der Waals surface area (Å²) in [4.78, 5) is 13.7. The Morgan fingerprint density at radius 1 is 1.20 bits per heavy atom. The van der Waals surface area contributed by atoms with Gasteiger partial charge in [0.25, 0.3) is 0 Å². The highest BCUT2D eigenvalue weighted by Crippen LogP contribution is 2.27. The lowest BCUT2D eigenvalue weighted by atomic mass is 9.91. The van der Waals surface area contributed by atoms with Crippen LogP contribution in [0, 0.1) is 11.8 Å². The second-order valence-electron chi connectivity index (χ2n) is 5.69. The number of likely N-dealkylation sites (tertiary alicyclic amines) is 1. The van der Waals surface area contributed by atoms with Crippen molar-refractivity contribution in [1.29, 1.82) is 0 Å². The molecule has 0 aromatic heterocycles. The molecule has 1 amide bonds. The lowest BCUT2D eigenvalue weighted by molar-refractivity contribution is -0.140. The van der Waals surface area contributed by atoms with Crippen molar-refractivity contribution in [3.63, 3.8) is 0 Å². The van der Waals surface area contributed by atoms with Crippen LogP contribution in [0.4, 0.5) is 0 Å². The Balaban J connectivity index is 1.94.